The van der Waals surface area contributed by atoms with Crippen LogP contribution in [0.3, 0.4) is 0 Å². The number of hydrogen-bond donors (Lipinski definition) is 2. The minimum absolute atomic E-state index is 0.0125. The Morgan fingerprint density at radius 1 is 1.21 bits per heavy atom. The van der Waals surface area contributed by atoms with Crippen LogP contribution in [0.1, 0.15) is 11.1 Å². The number of nitriles is 1. The van der Waals surface area contributed by atoms with E-state index in [1.165, 1.54) is 12.1 Å². The third-order valence-electron chi connectivity index (χ3n) is 3.69. The smallest absolute Gasteiger partial charge is 0.416 e. The highest BCUT2D eigenvalue weighted by atomic mass is 32.2. The summed E-state index contributed by atoms with van der Waals surface area (Å²) in [6.07, 6.45) is -4.58. The highest BCUT2D eigenvalue weighted by Gasteiger charge is 2.35. The maximum atomic E-state index is 12.9. The van der Waals surface area contributed by atoms with Crippen LogP contribution in [0.25, 0.3) is 0 Å². The van der Waals surface area contributed by atoms with E-state index in [0.717, 1.165) is 36.0 Å². The van der Waals surface area contributed by atoms with Crippen molar-refractivity contribution in [1.82, 2.24) is 4.72 Å². The summed E-state index contributed by atoms with van der Waals surface area (Å²) in [6, 6.07) is 8.18. The van der Waals surface area contributed by atoms with Gasteiger partial charge in [-0.05, 0) is 36.4 Å². The lowest BCUT2D eigenvalue weighted by Gasteiger charge is -2.17. The van der Waals surface area contributed by atoms with Crippen LogP contribution >= 0.6 is 11.8 Å². The molecule has 0 atom stereocenters. The van der Waals surface area contributed by atoms with E-state index in [1.807, 2.05) is 0 Å². The van der Waals surface area contributed by atoms with Crippen LogP contribution in [0.2, 0.25) is 0 Å². The second-order valence-electron chi connectivity index (χ2n) is 5.61. The molecule has 146 valence electrons. The van der Waals surface area contributed by atoms with E-state index in [4.69, 9.17) is 5.26 Å². The number of phenols is 1. The second-order valence-corrected chi connectivity index (χ2v) is 8.32. The number of alkyl halides is 3. The van der Waals surface area contributed by atoms with Gasteiger partial charge in [-0.25, -0.2) is 9.03 Å². The number of nitrogens with zero attached hydrogens (tertiary/aromatic N) is 2. The molecule has 0 saturated carbocycles. The molecule has 0 bridgehead atoms. The number of hydrogen-bond acceptors (Lipinski definition) is 6. The zero-order valence-corrected chi connectivity index (χ0v) is 15.3. The molecule has 0 radical (unpaired) electrons. The second kappa shape index (κ2) is 6.92. The van der Waals surface area contributed by atoms with Crippen molar-refractivity contribution in [3.63, 3.8) is 0 Å². The van der Waals surface area contributed by atoms with E-state index in [0.29, 0.717) is 4.31 Å². The average Bonchev–Trinajstić information content (AvgIpc) is 2.86. The van der Waals surface area contributed by atoms with E-state index < -0.39 is 40.2 Å². The number of halogens is 3. The van der Waals surface area contributed by atoms with E-state index in [2.05, 4.69) is 0 Å². The Labute approximate surface area is 161 Å². The monoisotopic (exact) mass is 429 g/mol. The molecule has 2 N–H and O–H groups in total. The first kappa shape index (κ1) is 19.8. The predicted octanol–water partition coefficient (Wildman–Crippen LogP) is 2.61. The standard InChI is InChI=1S/C16H10F3N3O4S2/c17-16(18,19)10-2-1-9(7-20)14(5-10)27-11-3-4-12(13(23)6-11)22-8-15(24)21-28(22,25)26/h1-6,23H,8H2,(H,21,24). The summed E-state index contributed by atoms with van der Waals surface area (Å²) in [6.45, 7) is -0.505. The van der Waals surface area contributed by atoms with Gasteiger partial charge in [-0.1, -0.05) is 11.8 Å². The van der Waals surface area contributed by atoms with Gasteiger partial charge in [0.15, 0.2) is 0 Å². The molecular formula is C16H10F3N3O4S2. The Morgan fingerprint density at radius 3 is 2.46 bits per heavy atom. The Morgan fingerprint density at radius 2 is 1.93 bits per heavy atom. The Kier molecular flexibility index (Phi) is 4.90. The van der Waals surface area contributed by atoms with Gasteiger partial charge in [0.2, 0.25) is 0 Å². The molecule has 1 amide bonds. The number of rotatable bonds is 3. The number of anilines is 1. The fourth-order valence-electron chi connectivity index (χ4n) is 2.44. The Balaban J connectivity index is 1.94. The van der Waals surface area contributed by atoms with Gasteiger partial charge < -0.3 is 5.11 Å². The first-order valence-corrected chi connectivity index (χ1v) is 9.72. The third kappa shape index (κ3) is 3.85. The fourth-order valence-corrected chi connectivity index (χ4v) is 4.57. The summed E-state index contributed by atoms with van der Waals surface area (Å²) in [7, 11) is -4.12. The van der Waals surface area contributed by atoms with Crippen LogP contribution in [-0.2, 0) is 21.2 Å². The molecule has 28 heavy (non-hydrogen) atoms. The van der Waals surface area contributed by atoms with Crippen molar-refractivity contribution < 1.29 is 31.5 Å². The molecule has 3 rings (SSSR count). The van der Waals surface area contributed by atoms with Crippen LogP contribution in [0, 0.1) is 11.3 Å². The molecule has 7 nitrogen and oxygen atoms in total. The number of benzene rings is 2. The minimum atomic E-state index is -4.58. The summed E-state index contributed by atoms with van der Waals surface area (Å²) in [4.78, 5) is 11.6. The van der Waals surface area contributed by atoms with Crippen LogP contribution in [0.5, 0.6) is 5.75 Å². The zero-order chi connectivity index (χ0) is 20.7. The van der Waals surface area contributed by atoms with Crippen LogP contribution in [0.15, 0.2) is 46.2 Å². The van der Waals surface area contributed by atoms with Gasteiger partial charge >= 0.3 is 16.4 Å². The van der Waals surface area contributed by atoms with Crippen molar-refractivity contribution in [3.8, 4) is 11.8 Å². The van der Waals surface area contributed by atoms with Gasteiger partial charge in [0.05, 0.1) is 16.8 Å². The topological polar surface area (TPSA) is 111 Å². The lowest BCUT2D eigenvalue weighted by Crippen LogP contribution is -2.29. The SMILES string of the molecule is N#Cc1ccc(C(F)(F)F)cc1Sc1ccc(N2CC(=O)NS2(=O)=O)c(O)c1. The van der Waals surface area contributed by atoms with E-state index >= 15 is 0 Å². The molecule has 1 aliphatic heterocycles. The molecular weight excluding hydrogens is 419 g/mol. The van der Waals surface area contributed by atoms with E-state index in [1.54, 1.807) is 10.8 Å². The minimum Gasteiger partial charge on any atom is -0.506 e. The molecule has 1 aliphatic rings. The van der Waals surface area contributed by atoms with Crippen molar-refractivity contribution in [3.05, 3.63) is 47.5 Å². The summed E-state index contributed by atoms with van der Waals surface area (Å²) in [5.74, 6) is -1.25. The normalized spacial score (nSPS) is 15.9. The Hall–Kier alpha value is -2.91. The van der Waals surface area contributed by atoms with Crippen molar-refractivity contribution in [2.75, 3.05) is 10.8 Å². The highest BCUT2D eigenvalue weighted by Crippen LogP contribution is 2.39. The van der Waals surface area contributed by atoms with Gasteiger partial charge in [-0.3, -0.25) is 4.79 Å². The molecule has 0 unspecified atom stereocenters. The molecule has 2 aromatic carbocycles. The van der Waals surface area contributed by atoms with Crippen molar-refractivity contribution >= 4 is 33.6 Å². The number of aromatic hydroxyl groups is 1. The highest BCUT2D eigenvalue weighted by molar-refractivity contribution is 7.99. The lowest BCUT2D eigenvalue weighted by atomic mass is 10.1. The molecule has 1 heterocycles. The largest absolute Gasteiger partial charge is 0.506 e. The van der Waals surface area contributed by atoms with Crippen LogP contribution in [0.4, 0.5) is 18.9 Å². The van der Waals surface area contributed by atoms with Crippen molar-refractivity contribution in [2.24, 2.45) is 0 Å². The van der Waals surface area contributed by atoms with Gasteiger partial charge in [0, 0.05) is 9.79 Å². The van der Waals surface area contributed by atoms with Crippen molar-refractivity contribution in [1.29, 1.82) is 5.26 Å². The molecule has 0 aromatic heterocycles. The molecule has 12 heteroatoms. The number of carbonyl (C=O) groups is 1. The first-order valence-electron chi connectivity index (χ1n) is 7.47. The third-order valence-corrected chi connectivity index (χ3v) is 6.13. The quantitative estimate of drug-likeness (QED) is 0.776. The maximum Gasteiger partial charge on any atom is 0.416 e. The summed E-state index contributed by atoms with van der Waals surface area (Å²) in [5.41, 5.74) is -1.08. The molecule has 0 aliphatic carbocycles. The van der Waals surface area contributed by atoms with Gasteiger partial charge in [0.1, 0.15) is 18.4 Å². The Bertz CT molecular complexity index is 1110. The molecule has 0 spiro atoms. The molecule has 1 saturated heterocycles. The average molecular weight is 429 g/mol. The van der Waals surface area contributed by atoms with Crippen LogP contribution < -0.4 is 9.03 Å². The number of nitrogens with one attached hydrogen (secondary N) is 1. The number of phenolic OH excluding ortho intramolecular Hbond substituents is 1. The first-order chi connectivity index (χ1) is 13.0. The predicted molar refractivity (Wildman–Crippen MR) is 92.8 cm³/mol. The fraction of sp³-hybridized carbons (Fsp3) is 0.125. The van der Waals surface area contributed by atoms with Crippen molar-refractivity contribution in [2.45, 2.75) is 16.0 Å². The van der Waals surface area contributed by atoms with Gasteiger partial charge in [0.25, 0.3) is 5.91 Å². The van der Waals surface area contributed by atoms with Crippen LogP contribution in [-0.4, -0.2) is 26.0 Å². The zero-order valence-electron chi connectivity index (χ0n) is 13.7. The number of amides is 1. The summed E-state index contributed by atoms with van der Waals surface area (Å²) < 4.78 is 64.9. The summed E-state index contributed by atoms with van der Waals surface area (Å²) >= 11 is 0.802. The summed E-state index contributed by atoms with van der Waals surface area (Å²) in [5, 5.41) is 19.3. The molecule has 1 fully saturated rings. The molecule has 2 aromatic rings. The lowest BCUT2D eigenvalue weighted by molar-refractivity contribution is -0.137. The number of carbonyl (C=O) groups excluding carboxylic acids is 1. The maximum absolute atomic E-state index is 12.9. The van der Waals surface area contributed by atoms with Gasteiger partial charge in [-0.2, -0.15) is 26.9 Å². The van der Waals surface area contributed by atoms with E-state index in [-0.39, 0.29) is 21.0 Å². The van der Waals surface area contributed by atoms with Gasteiger partial charge in [-0.15, -0.1) is 0 Å². The van der Waals surface area contributed by atoms with E-state index in [9.17, 15) is 31.5 Å².